The van der Waals surface area contributed by atoms with Gasteiger partial charge in [-0.05, 0) is 32.6 Å². The van der Waals surface area contributed by atoms with Crippen molar-refractivity contribution in [1.82, 2.24) is 15.1 Å². The smallest absolute Gasteiger partial charge is 0.0791 e. The maximum Gasteiger partial charge on any atom is 0.0791 e. The van der Waals surface area contributed by atoms with Crippen LogP contribution >= 0.6 is 0 Å². The molecule has 0 heterocycles. The second kappa shape index (κ2) is 8.86. The highest BCUT2D eigenvalue weighted by atomic mass is 16.3. The van der Waals surface area contributed by atoms with Crippen molar-refractivity contribution in [1.29, 1.82) is 0 Å². The lowest BCUT2D eigenvalue weighted by molar-refractivity contribution is 0.112. The van der Waals surface area contributed by atoms with Crippen molar-refractivity contribution in [3.05, 3.63) is 0 Å². The molecular formula is C14H33N3O. The van der Waals surface area contributed by atoms with Crippen LogP contribution in [0.2, 0.25) is 0 Å². The van der Waals surface area contributed by atoms with Gasteiger partial charge in [0.1, 0.15) is 0 Å². The van der Waals surface area contributed by atoms with Crippen molar-refractivity contribution in [2.45, 2.75) is 33.8 Å². The normalized spacial score (nSPS) is 14.5. The van der Waals surface area contributed by atoms with E-state index < -0.39 is 0 Å². The number of hydrogen-bond acceptors (Lipinski definition) is 4. The summed E-state index contributed by atoms with van der Waals surface area (Å²) in [7, 11) is 4.19. The summed E-state index contributed by atoms with van der Waals surface area (Å²) in [6.07, 6.45) is -0.278. The third-order valence-corrected chi connectivity index (χ3v) is 3.09. The molecule has 0 bridgehead atoms. The standard InChI is InChI=1S/C14H33N3O/c1-7-17(8-2)10-13(18)9-15-11-14(3,4)12-16(5)6/h13,15,18H,7-12H2,1-6H3. The Hall–Kier alpha value is -0.160. The molecule has 0 amide bonds. The summed E-state index contributed by atoms with van der Waals surface area (Å²) in [5.74, 6) is 0. The first-order valence-electron chi connectivity index (χ1n) is 7.06. The molecule has 1 unspecified atom stereocenters. The van der Waals surface area contributed by atoms with Crippen LogP contribution < -0.4 is 5.32 Å². The van der Waals surface area contributed by atoms with Gasteiger partial charge in [-0.2, -0.15) is 0 Å². The predicted molar refractivity (Wildman–Crippen MR) is 79.0 cm³/mol. The van der Waals surface area contributed by atoms with E-state index in [-0.39, 0.29) is 11.5 Å². The molecule has 0 saturated carbocycles. The summed E-state index contributed by atoms with van der Waals surface area (Å²) in [4.78, 5) is 4.45. The van der Waals surface area contributed by atoms with Gasteiger partial charge in [0.2, 0.25) is 0 Å². The molecule has 110 valence electrons. The van der Waals surface area contributed by atoms with Crippen LogP contribution in [-0.2, 0) is 0 Å². The molecule has 0 spiro atoms. The van der Waals surface area contributed by atoms with Gasteiger partial charge in [0.25, 0.3) is 0 Å². The van der Waals surface area contributed by atoms with Crippen molar-refractivity contribution in [2.75, 3.05) is 53.4 Å². The Balaban J connectivity index is 3.82. The zero-order valence-electron chi connectivity index (χ0n) is 13.2. The Kier molecular flexibility index (Phi) is 8.78. The van der Waals surface area contributed by atoms with E-state index in [0.29, 0.717) is 6.54 Å². The van der Waals surface area contributed by atoms with Crippen molar-refractivity contribution >= 4 is 0 Å². The first kappa shape index (κ1) is 17.8. The molecule has 0 aliphatic carbocycles. The molecule has 0 rings (SSSR count). The third-order valence-electron chi connectivity index (χ3n) is 3.09. The van der Waals surface area contributed by atoms with Gasteiger partial charge >= 0.3 is 0 Å². The summed E-state index contributed by atoms with van der Waals surface area (Å²) in [6.45, 7) is 14.2. The van der Waals surface area contributed by atoms with Crippen molar-refractivity contribution in [2.24, 2.45) is 5.41 Å². The average Bonchev–Trinajstić information content (AvgIpc) is 2.23. The van der Waals surface area contributed by atoms with Gasteiger partial charge in [-0.1, -0.05) is 27.7 Å². The zero-order chi connectivity index (χ0) is 14.2. The lowest BCUT2D eigenvalue weighted by Crippen LogP contribution is -2.43. The molecule has 1 atom stereocenters. The highest BCUT2D eigenvalue weighted by Gasteiger charge is 2.19. The molecule has 0 aliphatic heterocycles. The van der Waals surface area contributed by atoms with Gasteiger partial charge in [0.15, 0.2) is 0 Å². The quantitative estimate of drug-likeness (QED) is 0.610. The lowest BCUT2D eigenvalue weighted by Gasteiger charge is -2.29. The minimum atomic E-state index is -0.278. The van der Waals surface area contributed by atoms with Crippen molar-refractivity contribution in [3.8, 4) is 0 Å². The summed E-state index contributed by atoms with van der Waals surface area (Å²) in [5.41, 5.74) is 0.235. The van der Waals surface area contributed by atoms with Crippen LogP contribution in [0.25, 0.3) is 0 Å². The monoisotopic (exact) mass is 259 g/mol. The first-order chi connectivity index (χ1) is 8.30. The van der Waals surface area contributed by atoms with E-state index in [1.165, 1.54) is 0 Å². The fourth-order valence-corrected chi connectivity index (χ4v) is 2.33. The molecule has 4 nitrogen and oxygen atoms in total. The number of nitrogens with one attached hydrogen (secondary N) is 1. The Bertz CT molecular complexity index is 203. The van der Waals surface area contributed by atoms with E-state index in [9.17, 15) is 5.11 Å². The van der Waals surface area contributed by atoms with Crippen LogP contribution in [0.5, 0.6) is 0 Å². The fraction of sp³-hybridized carbons (Fsp3) is 1.00. The highest BCUT2D eigenvalue weighted by molar-refractivity contribution is 4.75. The van der Waals surface area contributed by atoms with E-state index in [2.05, 4.69) is 56.9 Å². The zero-order valence-corrected chi connectivity index (χ0v) is 13.2. The Morgan fingerprint density at radius 3 is 2.17 bits per heavy atom. The van der Waals surface area contributed by atoms with Crippen molar-refractivity contribution < 1.29 is 5.11 Å². The van der Waals surface area contributed by atoms with E-state index >= 15 is 0 Å². The SMILES string of the molecule is CCN(CC)CC(O)CNCC(C)(C)CN(C)C. The van der Waals surface area contributed by atoms with Gasteiger partial charge in [0, 0.05) is 26.2 Å². The summed E-state index contributed by atoms with van der Waals surface area (Å²) < 4.78 is 0. The second-order valence-corrected chi connectivity index (χ2v) is 6.17. The van der Waals surface area contributed by atoms with Gasteiger partial charge in [-0.3, -0.25) is 0 Å². The number of likely N-dealkylation sites (N-methyl/N-ethyl adjacent to an activating group) is 1. The summed E-state index contributed by atoms with van der Waals surface area (Å²) in [6, 6.07) is 0. The van der Waals surface area contributed by atoms with E-state index in [1.54, 1.807) is 0 Å². The van der Waals surface area contributed by atoms with Crippen LogP contribution in [0.4, 0.5) is 0 Å². The third kappa shape index (κ3) is 8.86. The molecular weight excluding hydrogens is 226 g/mol. The first-order valence-corrected chi connectivity index (χ1v) is 7.06. The van der Waals surface area contributed by atoms with Gasteiger partial charge in [-0.25, -0.2) is 0 Å². The number of nitrogens with zero attached hydrogens (tertiary/aromatic N) is 2. The fourth-order valence-electron chi connectivity index (χ4n) is 2.33. The maximum atomic E-state index is 9.95. The predicted octanol–water partition coefficient (Wildman–Crippen LogP) is 0.867. The molecule has 4 heteroatoms. The molecule has 0 aromatic carbocycles. The van der Waals surface area contributed by atoms with Gasteiger partial charge in [-0.15, -0.1) is 0 Å². The molecule has 18 heavy (non-hydrogen) atoms. The van der Waals surface area contributed by atoms with E-state index in [0.717, 1.165) is 32.7 Å². The van der Waals surface area contributed by atoms with Crippen LogP contribution in [0.15, 0.2) is 0 Å². The molecule has 0 aliphatic rings. The average molecular weight is 259 g/mol. The Labute approximate surface area is 113 Å². The lowest BCUT2D eigenvalue weighted by atomic mass is 9.93. The van der Waals surface area contributed by atoms with Gasteiger partial charge in [0.05, 0.1) is 6.10 Å². The number of aliphatic hydroxyl groups excluding tert-OH is 1. The Morgan fingerprint density at radius 1 is 1.17 bits per heavy atom. The van der Waals surface area contributed by atoms with Crippen LogP contribution in [0, 0.1) is 5.41 Å². The van der Waals surface area contributed by atoms with Crippen molar-refractivity contribution in [3.63, 3.8) is 0 Å². The second-order valence-electron chi connectivity index (χ2n) is 6.17. The van der Waals surface area contributed by atoms with Crippen LogP contribution in [0.1, 0.15) is 27.7 Å². The molecule has 0 aromatic heterocycles. The van der Waals surface area contributed by atoms with Gasteiger partial charge < -0.3 is 20.2 Å². The highest BCUT2D eigenvalue weighted by Crippen LogP contribution is 2.13. The van der Waals surface area contributed by atoms with Crippen LogP contribution in [-0.4, -0.2) is 74.4 Å². The van der Waals surface area contributed by atoms with E-state index in [1.807, 2.05) is 0 Å². The molecule has 0 saturated heterocycles. The maximum absolute atomic E-state index is 9.95. The molecule has 0 aromatic rings. The summed E-state index contributed by atoms with van der Waals surface area (Å²) >= 11 is 0. The Morgan fingerprint density at radius 2 is 1.72 bits per heavy atom. The molecule has 2 N–H and O–H groups in total. The number of hydrogen-bond donors (Lipinski definition) is 2. The minimum Gasteiger partial charge on any atom is -0.390 e. The summed E-state index contributed by atoms with van der Waals surface area (Å²) in [5, 5.41) is 13.3. The molecule has 0 radical (unpaired) electrons. The minimum absolute atomic E-state index is 0.235. The topological polar surface area (TPSA) is 38.7 Å². The largest absolute Gasteiger partial charge is 0.390 e. The number of rotatable bonds is 10. The van der Waals surface area contributed by atoms with E-state index in [4.69, 9.17) is 0 Å². The number of aliphatic hydroxyl groups is 1. The molecule has 0 fully saturated rings. The van der Waals surface area contributed by atoms with Crippen LogP contribution in [0.3, 0.4) is 0 Å².